The number of nitriles is 1. The van der Waals surface area contributed by atoms with Crippen molar-refractivity contribution in [3.8, 4) is 23.3 Å². The van der Waals surface area contributed by atoms with E-state index in [1.54, 1.807) is 12.1 Å². The van der Waals surface area contributed by atoms with Gasteiger partial charge in [0.2, 0.25) is 0 Å². The Balaban J connectivity index is 2.28. The summed E-state index contributed by atoms with van der Waals surface area (Å²) in [6, 6.07) is 17.7. The zero-order valence-electron chi connectivity index (χ0n) is 13.9. The van der Waals surface area contributed by atoms with Crippen LogP contribution in [0, 0.1) is 17.4 Å². The van der Waals surface area contributed by atoms with Crippen molar-refractivity contribution in [1.82, 2.24) is 0 Å². The number of allylic oxidation sites excluding steroid dienone is 1. The highest BCUT2D eigenvalue weighted by Gasteiger charge is 2.30. The summed E-state index contributed by atoms with van der Waals surface area (Å²) in [4.78, 5) is 15.9. The molecule has 2 aromatic carbocycles. The molecule has 0 radical (unpaired) electrons. The molecule has 1 N–H and O–H groups in total. The number of carboxylic acids is 1. The van der Waals surface area contributed by atoms with Gasteiger partial charge >= 0.3 is 12.0 Å². The van der Waals surface area contributed by atoms with Crippen LogP contribution in [-0.4, -0.2) is 17.6 Å². The van der Waals surface area contributed by atoms with Gasteiger partial charge in [0.25, 0.3) is 6.54 Å². The van der Waals surface area contributed by atoms with Gasteiger partial charge in [-0.15, -0.1) is 0 Å². The summed E-state index contributed by atoms with van der Waals surface area (Å²) in [5.41, 5.74) is 4.36. The number of rotatable bonds is 3. The van der Waals surface area contributed by atoms with E-state index in [9.17, 15) is 15.2 Å². The predicted molar refractivity (Wildman–Crippen MR) is 97.5 cm³/mol. The van der Waals surface area contributed by atoms with Crippen molar-refractivity contribution >= 4 is 11.5 Å². The Bertz CT molecular complexity index is 985. The lowest BCUT2D eigenvalue weighted by Gasteiger charge is -2.04. The van der Waals surface area contributed by atoms with Gasteiger partial charge in [-0.05, 0) is 29.2 Å². The minimum absolute atomic E-state index is 0.236. The molecular weight excluding hydrogens is 312 g/mol. The Kier molecular flexibility index (Phi) is 4.64. The van der Waals surface area contributed by atoms with Crippen LogP contribution in [0.3, 0.4) is 0 Å². The van der Waals surface area contributed by atoms with Gasteiger partial charge in [0.15, 0.2) is 5.57 Å². The number of carboxylic acid groups (broad SMARTS) is 1. The van der Waals surface area contributed by atoms with Gasteiger partial charge in [-0.2, -0.15) is 5.26 Å². The Labute approximate surface area is 146 Å². The first-order valence-corrected chi connectivity index (χ1v) is 8.22. The second-order valence-electron chi connectivity index (χ2n) is 5.79. The number of unbranched alkanes of at least 4 members (excludes halogenated alkanes) is 1. The summed E-state index contributed by atoms with van der Waals surface area (Å²) >= 11 is 0. The van der Waals surface area contributed by atoms with Crippen LogP contribution in [0.25, 0.3) is 21.5 Å². The molecule has 0 saturated carbocycles. The van der Waals surface area contributed by atoms with Crippen LogP contribution in [0.1, 0.15) is 41.3 Å². The van der Waals surface area contributed by atoms with Crippen molar-refractivity contribution in [3.05, 3.63) is 69.6 Å². The monoisotopic (exact) mass is 329 g/mol. The molecule has 1 aliphatic carbocycles. The summed E-state index contributed by atoms with van der Waals surface area (Å²) in [6.07, 6.45) is 1.97. The average Bonchev–Trinajstić information content (AvgIpc) is 2.96. The number of carbonyl (C=O) groups is 1. The maximum absolute atomic E-state index is 11.6. The van der Waals surface area contributed by atoms with E-state index in [1.165, 1.54) is 0 Å². The van der Waals surface area contributed by atoms with Crippen molar-refractivity contribution in [2.24, 2.45) is 0 Å². The third kappa shape index (κ3) is 2.91. The van der Waals surface area contributed by atoms with Gasteiger partial charge < -0.3 is 5.11 Å². The molecule has 0 heterocycles. The highest BCUT2D eigenvalue weighted by Crippen LogP contribution is 2.47. The molecular formula is C21H17N2O2+. The normalized spacial score (nSPS) is 13.1. The molecule has 3 rings (SSSR count). The average molecular weight is 329 g/mol. The number of benzene rings is 2. The third-order valence-corrected chi connectivity index (χ3v) is 4.21. The molecule has 4 heteroatoms. The maximum atomic E-state index is 11.6. The molecule has 0 atom stereocenters. The van der Waals surface area contributed by atoms with E-state index in [4.69, 9.17) is 0 Å². The molecule has 0 fully saturated rings. The molecule has 122 valence electrons. The van der Waals surface area contributed by atoms with Crippen molar-refractivity contribution in [1.29, 1.82) is 5.26 Å². The van der Waals surface area contributed by atoms with Crippen molar-refractivity contribution in [2.45, 2.75) is 19.8 Å². The van der Waals surface area contributed by atoms with Crippen LogP contribution in [0.5, 0.6) is 0 Å². The molecule has 0 aromatic heterocycles. The Morgan fingerprint density at radius 2 is 1.84 bits per heavy atom. The summed E-state index contributed by atoms with van der Waals surface area (Å²) in [7, 11) is 0. The summed E-state index contributed by atoms with van der Waals surface area (Å²) in [5, 5.41) is 19.2. The molecule has 0 aliphatic heterocycles. The molecule has 2 aromatic rings. The summed E-state index contributed by atoms with van der Waals surface area (Å²) in [5.74, 6) is -0.980. The first-order chi connectivity index (χ1) is 12.2. The number of hydrogen-bond acceptors (Lipinski definition) is 2. The number of fused-ring (bicyclic) bond motifs is 3. The zero-order chi connectivity index (χ0) is 17.8. The molecule has 0 amide bonds. The molecule has 25 heavy (non-hydrogen) atoms. The van der Waals surface area contributed by atoms with Gasteiger partial charge in [-0.25, -0.2) is 4.79 Å². The van der Waals surface area contributed by atoms with Crippen molar-refractivity contribution < 1.29 is 9.90 Å². The van der Waals surface area contributed by atoms with E-state index in [0.717, 1.165) is 29.5 Å². The fourth-order valence-electron chi connectivity index (χ4n) is 3.07. The van der Waals surface area contributed by atoms with Crippen molar-refractivity contribution in [2.75, 3.05) is 6.54 Å². The Morgan fingerprint density at radius 3 is 2.52 bits per heavy atom. The molecule has 0 saturated heterocycles. The van der Waals surface area contributed by atoms with Gasteiger partial charge in [-0.3, -0.25) is 0 Å². The van der Waals surface area contributed by atoms with E-state index in [-0.39, 0.29) is 5.56 Å². The smallest absolute Gasteiger partial charge is 0.336 e. The van der Waals surface area contributed by atoms with Crippen LogP contribution in [0.4, 0.5) is 0 Å². The number of hydrogen-bond donors (Lipinski definition) is 1. The van der Waals surface area contributed by atoms with Crippen LogP contribution >= 0.6 is 0 Å². The quantitative estimate of drug-likeness (QED) is 0.553. The minimum atomic E-state index is -0.980. The highest BCUT2D eigenvalue weighted by molar-refractivity contribution is 6.10. The standard InChI is InChI=1S/C21H16N2O2/c1-2-3-11-23-13-14(12-22)19-15-7-4-5-8-16(15)20-17(19)9-6-10-18(20)21(24)25/h4-10H,2-3,11H2,1H3/p+1. The molecule has 1 aliphatic rings. The van der Waals surface area contributed by atoms with E-state index in [0.29, 0.717) is 23.3 Å². The fraction of sp³-hybridized carbons (Fsp3) is 0.190. The van der Waals surface area contributed by atoms with E-state index >= 15 is 0 Å². The van der Waals surface area contributed by atoms with Crippen LogP contribution in [-0.2, 0) is 0 Å². The van der Waals surface area contributed by atoms with E-state index in [2.05, 4.69) is 23.9 Å². The SMILES string of the molecule is CCCC[N+]#CC(C#N)=C1c2ccccc2-c2c(C(=O)O)cccc21. The third-order valence-electron chi connectivity index (χ3n) is 4.21. The summed E-state index contributed by atoms with van der Waals surface area (Å²) in [6.45, 7) is 2.70. The van der Waals surface area contributed by atoms with E-state index < -0.39 is 5.97 Å². The van der Waals surface area contributed by atoms with Gasteiger partial charge in [0, 0.05) is 17.6 Å². The van der Waals surface area contributed by atoms with Crippen LogP contribution in [0.15, 0.2) is 48.0 Å². The largest absolute Gasteiger partial charge is 0.478 e. The maximum Gasteiger partial charge on any atom is 0.336 e. The van der Waals surface area contributed by atoms with Crippen LogP contribution in [0.2, 0.25) is 0 Å². The first-order valence-electron chi connectivity index (χ1n) is 8.22. The lowest BCUT2D eigenvalue weighted by Crippen LogP contribution is -1.99. The van der Waals surface area contributed by atoms with Gasteiger partial charge in [0.05, 0.1) is 5.56 Å². The highest BCUT2D eigenvalue weighted by atomic mass is 16.4. The van der Waals surface area contributed by atoms with Crippen molar-refractivity contribution in [3.63, 3.8) is 0 Å². The molecule has 0 bridgehead atoms. The summed E-state index contributed by atoms with van der Waals surface area (Å²) < 4.78 is 0. The Morgan fingerprint density at radius 1 is 1.12 bits per heavy atom. The van der Waals surface area contributed by atoms with Crippen LogP contribution < -0.4 is 0 Å². The topological polar surface area (TPSA) is 65.5 Å². The second kappa shape index (κ2) is 7.03. The number of nitrogens with zero attached hydrogens (tertiary/aromatic N) is 2. The minimum Gasteiger partial charge on any atom is -0.478 e. The van der Waals surface area contributed by atoms with E-state index in [1.807, 2.05) is 30.3 Å². The first kappa shape index (κ1) is 16.5. The molecule has 0 spiro atoms. The molecule has 4 nitrogen and oxygen atoms in total. The Hall–Kier alpha value is -3.37. The zero-order valence-corrected chi connectivity index (χ0v) is 13.9. The fourth-order valence-corrected chi connectivity index (χ4v) is 3.07. The predicted octanol–water partition coefficient (Wildman–Crippen LogP) is 4.82. The van der Waals surface area contributed by atoms with Gasteiger partial charge in [0.1, 0.15) is 6.07 Å². The second-order valence-corrected chi connectivity index (χ2v) is 5.79. The number of aromatic carboxylic acids is 1. The lowest BCUT2D eigenvalue weighted by molar-refractivity contribution is 0.0697. The van der Waals surface area contributed by atoms with Gasteiger partial charge in [-0.1, -0.05) is 48.2 Å². The molecule has 0 unspecified atom stereocenters. The lowest BCUT2D eigenvalue weighted by atomic mass is 9.97.